The Kier molecular flexibility index (Phi) is 4.65. The van der Waals surface area contributed by atoms with Crippen molar-refractivity contribution in [2.45, 2.75) is 30.7 Å². The molecule has 6 nitrogen and oxygen atoms in total. The van der Waals surface area contributed by atoms with E-state index in [1.807, 2.05) is 6.92 Å². The predicted molar refractivity (Wildman–Crippen MR) is 80.1 cm³/mol. The number of hydrogen-bond acceptors (Lipinski definition) is 4. The summed E-state index contributed by atoms with van der Waals surface area (Å²) in [5.41, 5.74) is 11.3. The number of carbonyl (C=O) groups excluding carboxylic acids is 1. The Morgan fingerprint density at radius 1 is 1.24 bits per heavy atom. The highest BCUT2D eigenvalue weighted by molar-refractivity contribution is 7.89. The molecule has 0 radical (unpaired) electrons. The van der Waals surface area contributed by atoms with Crippen molar-refractivity contribution in [1.82, 2.24) is 4.31 Å². The van der Waals surface area contributed by atoms with Crippen LogP contribution in [0.15, 0.2) is 29.2 Å². The predicted octanol–water partition coefficient (Wildman–Crippen LogP) is 0.533. The fraction of sp³-hybridized carbons (Fsp3) is 0.500. The van der Waals surface area contributed by atoms with Crippen LogP contribution in [0.3, 0.4) is 0 Å². The van der Waals surface area contributed by atoms with Crippen molar-refractivity contribution in [2.75, 3.05) is 13.1 Å². The third-order valence-corrected chi connectivity index (χ3v) is 5.93. The minimum absolute atomic E-state index is 0.0877. The average Bonchev–Trinajstić information content (AvgIpc) is 2.47. The highest BCUT2D eigenvalue weighted by atomic mass is 32.2. The fourth-order valence-electron chi connectivity index (χ4n) is 2.58. The smallest absolute Gasteiger partial charge is 0.248 e. The zero-order valence-corrected chi connectivity index (χ0v) is 12.8. The molecule has 0 spiro atoms. The van der Waals surface area contributed by atoms with Crippen molar-refractivity contribution in [2.24, 2.45) is 17.4 Å². The zero-order chi connectivity index (χ0) is 15.6. The highest BCUT2D eigenvalue weighted by Crippen LogP contribution is 2.25. The van der Waals surface area contributed by atoms with Crippen LogP contribution in [0.4, 0.5) is 0 Å². The van der Waals surface area contributed by atoms with Gasteiger partial charge in [-0.05, 0) is 49.9 Å². The average molecular weight is 311 g/mol. The topological polar surface area (TPSA) is 106 Å². The Balaban J connectivity index is 2.13. The summed E-state index contributed by atoms with van der Waals surface area (Å²) in [6.45, 7) is 2.91. The van der Waals surface area contributed by atoms with Gasteiger partial charge in [-0.25, -0.2) is 8.42 Å². The Bertz CT molecular complexity index is 603. The molecule has 7 heteroatoms. The SMILES string of the molecule is CC(N)C1CCN(S(=O)(=O)c2ccc(C(N)=O)cc2)CC1. The lowest BCUT2D eigenvalue weighted by Crippen LogP contribution is -2.42. The number of sulfonamides is 1. The number of hydrogen-bond donors (Lipinski definition) is 2. The molecular formula is C14H21N3O3S. The summed E-state index contributed by atoms with van der Waals surface area (Å²) >= 11 is 0. The van der Waals surface area contributed by atoms with E-state index in [0.29, 0.717) is 24.6 Å². The fourth-order valence-corrected chi connectivity index (χ4v) is 4.05. The van der Waals surface area contributed by atoms with Crippen LogP contribution in [0.5, 0.6) is 0 Å². The first-order valence-electron chi connectivity index (χ1n) is 6.98. The van der Waals surface area contributed by atoms with Gasteiger partial charge < -0.3 is 11.5 Å². The molecule has 1 fully saturated rings. The van der Waals surface area contributed by atoms with Crippen molar-refractivity contribution < 1.29 is 13.2 Å². The minimum atomic E-state index is -3.51. The normalized spacial score (nSPS) is 19.3. The number of carbonyl (C=O) groups is 1. The van der Waals surface area contributed by atoms with Crippen LogP contribution in [-0.4, -0.2) is 37.8 Å². The van der Waals surface area contributed by atoms with Crippen LogP contribution in [0.25, 0.3) is 0 Å². The van der Waals surface area contributed by atoms with E-state index >= 15 is 0 Å². The second-order valence-electron chi connectivity index (χ2n) is 5.49. The molecular weight excluding hydrogens is 290 g/mol. The van der Waals surface area contributed by atoms with Gasteiger partial charge in [0.2, 0.25) is 15.9 Å². The molecule has 116 valence electrons. The lowest BCUT2D eigenvalue weighted by atomic mass is 9.92. The second kappa shape index (κ2) is 6.13. The van der Waals surface area contributed by atoms with Crippen molar-refractivity contribution in [3.05, 3.63) is 29.8 Å². The van der Waals surface area contributed by atoms with Crippen LogP contribution in [-0.2, 0) is 10.0 Å². The zero-order valence-electron chi connectivity index (χ0n) is 12.0. The molecule has 1 aromatic carbocycles. The van der Waals surface area contributed by atoms with Gasteiger partial charge in [0.05, 0.1) is 4.90 Å². The van der Waals surface area contributed by atoms with Crippen molar-refractivity contribution in [3.63, 3.8) is 0 Å². The summed E-state index contributed by atoms with van der Waals surface area (Å²) in [5.74, 6) is -0.203. The lowest BCUT2D eigenvalue weighted by molar-refractivity contribution is 0.1000. The second-order valence-corrected chi connectivity index (χ2v) is 7.43. The van der Waals surface area contributed by atoms with E-state index in [9.17, 15) is 13.2 Å². The Labute approximate surface area is 125 Å². The van der Waals surface area contributed by atoms with Gasteiger partial charge in [-0.1, -0.05) is 0 Å². The van der Waals surface area contributed by atoms with E-state index in [1.165, 1.54) is 28.6 Å². The van der Waals surface area contributed by atoms with E-state index in [4.69, 9.17) is 11.5 Å². The lowest BCUT2D eigenvalue weighted by Gasteiger charge is -2.32. The molecule has 1 amide bonds. The Hall–Kier alpha value is -1.44. The molecule has 0 saturated carbocycles. The van der Waals surface area contributed by atoms with E-state index in [-0.39, 0.29) is 10.9 Å². The van der Waals surface area contributed by atoms with Gasteiger partial charge in [-0.2, -0.15) is 4.31 Å². The molecule has 21 heavy (non-hydrogen) atoms. The molecule has 1 aromatic rings. The van der Waals surface area contributed by atoms with Crippen molar-refractivity contribution >= 4 is 15.9 Å². The van der Waals surface area contributed by atoms with Crippen LogP contribution in [0.2, 0.25) is 0 Å². The Morgan fingerprint density at radius 2 is 1.76 bits per heavy atom. The molecule has 1 heterocycles. The standard InChI is InChI=1S/C14H21N3O3S/c1-10(15)11-6-8-17(9-7-11)21(19,20)13-4-2-12(3-5-13)14(16)18/h2-5,10-11H,6-9,15H2,1H3,(H2,16,18). The maximum atomic E-state index is 12.5. The van der Waals surface area contributed by atoms with E-state index in [1.54, 1.807) is 0 Å². The number of primary amides is 1. The van der Waals surface area contributed by atoms with Crippen LogP contribution < -0.4 is 11.5 Å². The van der Waals surface area contributed by atoms with Gasteiger partial charge in [0.15, 0.2) is 0 Å². The minimum Gasteiger partial charge on any atom is -0.366 e. The van der Waals surface area contributed by atoms with Crippen LogP contribution >= 0.6 is 0 Å². The molecule has 1 saturated heterocycles. The number of rotatable bonds is 4. The molecule has 2 rings (SSSR count). The highest BCUT2D eigenvalue weighted by Gasteiger charge is 2.30. The molecule has 0 aliphatic carbocycles. The van der Waals surface area contributed by atoms with Crippen LogP contribution in [0, 0.1) is 5.92 Å². The third kappa shape index (κ3) is 3.42. The summed E-state index contributed by atoms with van der Waals surface area (Å²) in [4.78, 5) is 11.2. The number of benzene rings is 1. The van der Waals surface area contributed by atoms with E-state index in [2.05, 4.69) is 0 Å². The number of nitrogens with zero attached hydrogens (tertiary/aromatic N) is 1. The third-order valence-electron chi connectivity index (χ3n) is 4.02. The summed E-state index contributed by atoms with van der Waals surface area (Å²) in [5, 5.41) is 0. The number of nitrogens with two attached hydrogens (primary N) is 2. The first-order chi connectivity index (χ1) is 9.82. The first-order valence-corrected chi connectivity index (χ1v) is 8.42. The van der Waals surface area contributed by atoms with E-state index < -0.39 is 15.9 Å². The van der Waals surface area contributed by atoms with Crippen molar-refractivity contribution in [3.8, 4) is 0 Å². The van der Waals surface area contributed by atoms with Gasteiger partial charge in [0, 0.05) is 24.7 Å². The molecule has 1 atom stereocenters. The summed E-state index contributed by atoms with van der Waals surface area (Å²) < 4.78 is 26.5. The first kappa shape index (κ1) is 15.9. The summed E-state index contributed by atoms with van der Waals surface area (Å²) in [6, 6.07) is 5.80. The Morgan fingerprint density at radius 3 is 2.19 bits per heavy atom. The molecule has 0 aromatic heterocycles. The summed E-state index contributed by atoms with van der Waals surface area (Å²) in [6.07, 6.45) is 1.55. The monoisotopic (exact) mass is 311 g/mol. The maximum Gasteiger partial charge on any atom is 0.248 e. The van der Waals surface area contributed by atoms with Gasteiger partial charge in [0.1, 0.15) is 0 Å². The van der Waals surface area contributed by atoms with Crippen LogP contribution in [0.1, 0.15) is 30.1 Å². The van der Waals surface area contributed by atoms with Gasteiger partial charge >= 0.3 is 0 Å². The molecule has 4 N–H and O–H groups in total. The van der Waals surface area contributed by atoms with E-state index in [0.717, 1.165) is 12.8 Å². The number of amides is 1. The van der Waals surface area contributed by atoms with Gasteiger partial charge in [0.25, 0.3) is 0 Å². The van der Waals surface area contributed by atoms with Crippen molar-refractivity contribution in [1.29, 1.82) is 0 Å². The molecule has 1 aliphatic rings. The van der Waals surface area contributed by atoms with Gasteiger partial charge in [-0.3, -0.25) is 4.79 Å². The number of piperidine rings is 1. The molecule has 0 bridgehead atoms. The van der Waals surface area contributed by atoms with Gasteiger partial charge in [-0.15, -0.1) is 0 Å². The molecule has 1 unspecified atom stereocenters. The largest absolute Gasteiger partial charge is 0.366 e. The summed E-state index contributed by atoms with van der Waals surface area (Å²) in [7, 11) is -3.51. The molecule has 1 aliphatic heterocycles. The quantitative estimate of drug-likeness (QED) is 0.846. The maximum absolute atomic E-state index is 12.5.